The topological polar surface area (TPSA) is 44.8 Å². The lowest BCUT2D eigenvalue weighted by Gasteiger charge is -2.30. The van der Waals surface area contributed by atoms with Crippen molar-refractivity contribution in [3.63, 3.8) is 0 Å². The first-order valence-corrected chi connectivity index (χ1v) is 7.62. The lowest BCUT2D eigenvalue weighted by Crippen LogP contribution is -2.50. The molecule has 0 heterocycles. The zero-order valence-corrected chi connectivity index (χ0v) is 14.2. The number of esters is 1. The molecule has 0 aromatic rings. The monoisotopic (exact) mass is 287 g/mol. The Morgan fingerprint density at radius 3 is 2.30 bits per heavy atom. The number of likely N-dealkylation sites (N-methyl/N-ethyl adjacent to an activating group) is 1. The standard InChI is InChI=1S/C15H33N3O2/c1-7-18(12-9-11-17(5)6)13-10-15(3,16-4)14(19)20-8-2/h16H,7-13H2,1-6H3. The Labute approximate surface area is 124 Å². The third kappa shape index (κ3) is 7.22. The van der Waals surface area contributed by atoms with E-state index in [0.717, 1.165) is 39.0 Å². The Morgan fingerprint density at radius 2 is 1.85 bits per heavy atom. The summed E-state index contributed by atoms with van der Waals surface area (Å²) in [6.45, 7) is 10.4. The van der Waals surface area contributed by atoms with Gasteiger partial charge in [0.1, 0.15) is 5.54 Å². The minimum Gasteiger partial charge on any atom is -0.465 e. The quantitative estimate of drug-likeness (QED) is 0.578. The Balaban J connectivity index is 4.26. The van der Waals surface area contributed by atoms with Gasteiger partial charge in [-0.25, -0.2) is 0 Å². The van der Waals surface area contributed by atoms with Crippen molar-refractivity contribution in [1.29, 1.82) is 0 Å². The van der Waals surface area contributed by atoms with Crippen LogP contribution in [0.3, 0.4) is 0 Å². The molecule has 0 aromatic carbocycles. The minimum absolute atomic E-state index is 0.160. The summed E-state index contributed by atoms with van der Waals surface area (Å²) < 4.78 is 5.15. The van der Waals surface area contributed by atoms with E-state index in [1.807, 2.05) is 20.9 Å². The summed E-state index contributed by atoms with van der Waals surface area (Å²) in [5.74, 6) is -0.160. The van der Waals surface area contributed by atoms with Crippen molar-refractivity contribution in [2.24, 2.45) is 0 Å². The molecule has 0 aliphatic carbocycles. The van der Waals surface area contributed by atoms with Crippen LogP contribution in [0.25, 0.3) is 0 Å². The van der Waals surface area contributed by atoms with Crippen LogP contribution >= 0.6 is 0 Å². The van der Waals surface area contributed by atoms with Crippen LogP contribution in [0.4, 0.5) is 0 Å². The first-order valence-electron chi connectivity index (χ1n) is 7.62. The average Bonchev–Trinajstić information content (AvgIpc) is 2.42. The molecule has 20 heavy (non-hydrogen) atoms. The molecule has 0 aliphatic rings. The molecule has 5 heteroatoms. The van der Waals surface area contributed by atoms with Gasteiger partial charge in [0.2, 0.25) is 0 Å². The first kappa shape index (κ1) is 19.4. The van der Waals surface area contributed by atoms with Crippen LogP contribution < -0.4 is 5.32 Å². The summed E-state index contributed by atoms with van der Waals surface area (Å²) in [5, 5.41) is 3.11. The van der Waals surface area contributed by atoms with Gasteiger partial charge >= 0.3 is 5.97 Å². The van der Waals surface area contributed by atoms with E-state index in [1.54, 1.807) is 0 Å². The van der Waals surface area contributed by atoms with Crippen molar-refractivity contribution in [1.82, 2.24) is 15.1 Å². The maximum Gasteiger partial charge on any atom is 0.326 e. The van der Waals surface area contributed by atoms with Crippen molar-refractivity contribution in [3.8, 4) is 0 Å². The molecular formula is C15H33N3O2. The number of rotatable bonds is 11. The summed E-state index contributed by atoms with van der Waals surface area (Å²) >= 11 is 0. The van der Waals surface area contributed by atoms with Gasteiger partial charge in [0.25, 0.3) is 0 Å². The molecule has 0 rings (SSSR count). The fourth-order valence-corrected chi connectivity index (χ4v) is 2.04. The van der Waals surface area contributed by atoms with Crippen LogP contribution in [-0.4, -0.2) is 75.2 Å². The number of carbonyl (C=O) groups excluding carboxylic acids is 1. The second-order valence-electron chi connectivity index (χ2n) is 5.64. The number of hydrogen-bond donors (Lipinski definition) is 1. The Morgan fingerprint density at radius 1 is 1.20 bits per heavy atom. The number of hydrogen-bond acceptors (Lipinski definition) is 5. The van der Waals surface area contributed by atoms with Gasteiger partial charge in [-0.05, 0) is 67.5 Å². The van der Waals surface area contributed by atoms with Gasteiger partial charge in [0, 0.05) is 6.54 Å². The average molecular weight is 287 g/mol. The van der Waals surface area contributed by atoms with E-state index in [9.17, 15) is 4.79 Å². The summed E-state index contributed by atoms with van der Waals surface area (Å²) in [5.41, 5.74) is -0.592. The highest BCUT2D eigenvalue weighted by Gasteiger charge is 2.32. The SMILES string of the molecule is CCOC(=O)C(C)(CCN(CC)CCCN(C)C)NC. The van der Waals surface area contributed by atoms with Crippen molar-refractivity contribution in [2.75, 3.05) is 53.9 Å². The molecule has 0 bridgehead atoms. The predicted molar refractivity (Wildman–Crippen MR) is 84.0 cm³/mol. The highest BCUT2D eigenvalue weighted by molar-refractivity contribution is 5.80. The van der Waals surface area contributed by atoms with E-state index < -0.39 is 5.54 Å². The smallest absolute Gasteiger partial charge is 0.326 e. The summed E-state index contributed by atoms with van der Waals surface area (Å²) in [6, 6.07) is 0. The summed E-state index contributed by atoms with van der Waals surface area (Å²) in [6.07, 6.45) is 1.91. The number of ether oxygens (including phenoxy) is 1. The van der Waals surface area contributed by atoms with E-state index in [0.29, 0.717) is 6.61 Å². The molecule has 1 N–H and O–H groups in total. The molecule has 1 unspecified atom stereocenters. The fraction of sp³-hybridized carbons (Fsp3) is 0.933. The molecule has 0 radical (unpaired) electrons. The van der Waals surface area contributed by atoms with Gasteiger partial charge in [-0.15, -0.1) is 0 Å². The molecule has 0 saturated carbocycles. The maximum atomic E-state index is 12.0. The summed E-state index contributed by atoms with van der Waals surface area (Å²) in [4.78, 5) is 16.6. The van der Waals surface area contributed by atoms with Crippen molar-refractivity contribution >= 4 is 5.97 Å². The van der Waals surface area contributed by atoms with Gasteiger partial charge in [-0.3, -0.25) is 4.79 Å². The lowest BCUT2D eigenvalue weighted by molar-refractivity contribution is -0.150. The van der Waals surface area contributed by atoms with Crippen molar-refractivity contribution in [2.45, 2.75) is 39.2 Å². The largest absolute Gasteiger partial charge is 0.465 e. The third-order valence-corrected chi connectivity index (χ3v) is 3.73. The van der Waals surface area contributed by atoms with Crippen molar-refractivity contribution in [3.05, 3.63) is 0 Å². The van der Waals surface area contributed by atoms with Crippen LogP contribution in [-0.2, 0) is 9.53 Å². The fourth-order valence-electron chi connectivity index (χ4n) is 2.04. The molecule has 0 spiro atoms. The number of carbonyl (C=O) groups is 1. The van der Waals surface area contributed by atoms with Gasteiger partial charge in [0.15, 0.2) is 0 Å². The summed E-state index contributed by atoms with van der Waals surface area (Å²) in [7, 11) is 6.00. The highest BCUT2D eigenvalue weighted by Crippen LogP contribution is 2.13. The molecule has 1 atom stereocenters. The van der Waals surface area contributed by atoms with Gasteiger partial charge in [-0.2, -0.15) is 0 Å². The molecule has 0 fully saturated rings. The van der Waals surface area contributed by atoms with E-state index >= 15 is 0 Å². The van der Waals surface area contributed by atoms with Crippen LogP contribution in [0.2, 0.25) is 0 Å². The molecule has 0 saturated heterocycles. The van der Waals surface area contributed by atoms with Crippen molar-refractivity contribution < 1.29 is 9.53 Å². The van der Waals surface area contributed by atoms with E-state index in [4.69, 9.17) is 4.74 Å². The van der Waals surface area contributed by atoms with Crippen LogP contribution in [0.5, 0.6) is 0 Å². The van der Waals surface area contributed by atoms with Crippen LogP contribution in [0.1, 0.15) is 33.6 Å². The Hall–Kier alpha value is -0.650. The molecular weight excluding hydrogens is 254 g/mol. The van der Waals surface area contributed by atoms with Gasteiger partial charge in [0.05, 0.1) is 6.61 Å². The molecule has 0 amide bonds. The zero-order chi connectivity index (χ0) is 15.6. The Bertz CT molecular complexity index is 272. The minimum atomic E-state index is -0.592. The first-order chi connectivity index (χ1) is 9.39. The second-order valence-corrected chi connectivity index (χ2v) is 5.64. The van der Waals surface area contributed by atoms with Crippen LogP contribution in [0.15, 0.2) is 0 Å². The normalized spacial score (nSPS) is 14.6. The zero-order valence-electron chi connectivity index (χ0n) is 14.2. The number of nitrogens with zero attached hydrogens (tertiary/aromatic N) is 2. The van der Waals surface area contributed by atoms with E-state index in [1.165, 1.54) is 0 Å². The highest BCUT2D eigenvalue weighted by atomic mass is 16.5. The van der Waals surface area contributed by atoms with Gasteiger partial charge < -0.3 is 19.9 Å². The molecule has 5 nitrogen and oxygen atoms in total. The molecule has 120 valence electrons. The number of nitrogens with one attached hydrogen (secondary N) is 1. The van der Waals surface area contributed by atoms with Gasteiger partial charge in [-0.1, -0.05) is 6.92 Å². The molecule has 0 aliphatic heterocycles. The van der Waals surface area contributed by atoms with E-state index in [-0.39, 0.29) is 5.97 Å². The van der Waals surface area contributed by atoms with Crippen LogP contribution in [0, 0.1) is 0 Å². The third-order valence-electron chi connectivity index (χ3n) is 3.73. The molecule has 0 aromatic heterocycles. The predicted octanol–water partition coefficient (Wildman–Crippen LogP) is 1.19. The maximum absolute atomic E-state index is 12.0. The lowest BCUT2D eigenvalue weighted by atomic mass is 9.98. The Kier molecular flexibility index (Phi) is 9.80. The second kappa shape index (κ2) is 10.1. The van der Waals surface area contributed by atoms with E-state index in [2.05, 4.69) is 36.1 Å².